The van der Waals surface area contributed by atoms with Gasteiger partial charge in [-0.3, -0.25) is 9.69 Å². The molecule has 1 aliphatic carbocycles. The number of alkyl halides is 3. The van der Waals surface area contributed by atoms with Crippen molar-refractivity contribution in [2.75, 3.05) is 46.0 Å². The van der Waals surface area contributed by atoms with E-state index < -0.39 is 21.8 Å². The van der Waals surface area contributed by atoms with Crippen molar-refractivity contribution >= 4 is 22.3 Å². The van der Waals surface area contributed by atoms with Crippen molar-refractivity contribution in [1.29, 1.82) is 0 Å². The number of carbonyl (C=O) groups is 1. The first kappa shape index (κ1) is 36.3. The van der Waals surface area contributed by atoms with E-state index in [1.54, 1.807) is 14.0 Å². The van der Waals surface area contributed by atoms with Gasteiger partial charge in [0.15, 0.2) is 0 Å². The van der Waals surface area contributed by atoms with Crippen LogP contribution in [0.2, 0.25) is 0 Å². The first-order valence-corrected chi connectivity index (χ1v) is 18.7. The van der Waals surface area contributed by atoms with E-state index in [9.17, 15) is 26.4 Å². The number of rotatable bonds is 10. The molecule has 0 bridgehead atoms. The average molecular weight is 695 g/mol. The summed E-state index contributed by atoms with van der Waals surface area (Å²) in [5, 5.41) is 3.28. The molecule has 5 rings (SSSR count). The summed E-state index contributed by atoms with van der Waals surface area (Å²) in [7, 11) is -1.51. The molecule has 48 heavy (non-hydrogen) atoms. The van der Waals surface area contributed by atoms with Crippen LogP contribution >= 0.6 is 0 Å². The lowest BCUT2D eigenvalue weighted by molar-refractivity contribution is -0.137. The number of nitrogens with zero attached hydrogens (tertiary/aromatic N) is 4. The number of aliphatic imine (C=N–C) groups is 1. The third-order valence-corrected chi connectivity index (χ3v) is 12.1. The number of sulfonamides is 1. The number of hydrogen-bond acceptors (Lipinski definition) is 7. The molecule has 1 aromatic carbocycles. The van der Waals surface area contributed by atoms with Gasteiger partial charge in [-0.15, -0.1) is 0 Å². The van der Waals surface area contributed by atoms with Crippen molar-refractivity contribution in [2.24, 2.45) is 22.6 Å². The van der Waals surface area contributed by atoms with Gasteiger partial charge in [-0.1, -0.05) is 18.7 Å². The van der Waals surface area contributed by atoms with Gasteiger partial charge in [-0.25, -0.2) is 17.7 Å². The molecule has 10 nitrogen and oxygen atoms in total. The Morgan fingerprint density at radius 3 is 2.31 bits per heavy atom. The zero-order chi connectivity index (χ0) is 34.8. The summed E-state index contributed by atoms with van der Waals surface area (Å²) >= 11 is 0. The second-order valence-electron chi connectivity index (χ2n) is 13.8. The Balaban J connectivity index is 1.11. The van der Waals surface area contributed by atoms with Crippen molar-refractivity contribution in [3.05, 3.63) is 58.9 Å². The number of nitrogens with two attached hydrogens (primary N) is 1. The number of amides is 1. The highest BCUT2D eigenvalue weighted by molar-refractivity contribution is 7.88. The number of nitrogens with one attached hydrogen (secondary N) is 1. The summed E-state index contributed by atoms with van der Waals surface area (Å²) < 4.78 is 70.7. The molecule has 266 valence electrons. The number of benzene rings is 1. The first-order chi connectivity index (χ1) is 22.7. The molecule has 3 N–H and O–H groups in total. The van der Waals surface area contributed by atoms with Crippen molar-refractivity contribution in [3.8, 4) is 0 Å². The third-order valence-electron chi connectivity index (χ3n) is 10.8. The second kappa shape index (κ2) is 14.9. The molecule has 14 heteroatoms. The SMILES string of the molecule is C=C(NC[C@H]1CCC[C@@H](c2ccc(C(F)(F)F)cc2)O1)/C(C)=C(\N=C/N)C(=O)N1CCC(N2C[C@H]3C[C@@H](N(C)S(C)(=O)=O)C[C@H]3C2)CC1. The molecule has 0 radical (unpaired) electrons. The smallest absolute Gasteiger partial charge is 0.390 e. The maximum atomic E-state index is 13.7. The van der Waals surface area contributed by atoms with E-state index in [0.717, 1.165) is 82.1 Å². The Kier molecular flexibility index (Phi) is 11.3. The Hall–Kier alpha value is -2.94. The highest BCUT2D eigenvalue weighted by atomic mass is 32.2. The number of hydrogen-bond donors (Lipinski definition) is 2. The minimum Gasteiger partial charge on any atom is -0.390 e. The largest absolute Gasteiger partial charge is 0.416 e. The Labute approximate surface area is 282 Å². The van der Waals surface area contributed by atoms with Gasteiger partial charge in [0.2, 0.25) is 10.0 Å². The standard InChI is InChI=1S/C34H49F3N6O4S/c1-22(23(2)39-18-30-6-5-7-31(47-30)24-8-10-27(11-9-24)34(35,36)37)32(40-21-38)33(44)42-14-12-28(13-15-42)43-19-25-16-29(17-26(25)20-43)41(3)48(4,45)46/h8-11,21,25-26,28-31,39H,2,5-7,12-20H2,1,3-4H3,(H2,38,40)/b32-22-/t25-,26+,29-,30-,31+/m1/s1. The van der Waals surface area contributed by atoms with Crippen LogP contribution in [0.15, 0.2) is 52.8 Å². The quantitative estimate of drug-likeness (QED) is 0.163. The van der Waals surface area contributed by atoms with Gasteiger partial charge in [-0.05, 0) is 81.4 Å². The van der Waals surface area contributed by atoms with Crippen LogP contribution in [0.5, 0.6) is 0 Å². The molecule has 3 saturated heterocycles. The second-order valence-corrected chi connectivity index (χ2v) is 15.9. The van der Waals surface area contributed by atoms with E-state index in [4.69, 9.17) is 10.5 Å². The lowest BCUT2D eigenvalue weighted by atomic mass is 9.97. The van der Waals surface area contributed by atoms with Crippen LogP contribution in [0.1, 0.15) is 69.1 Å². The fraction of sp³-hybridized carbons (Fsp3) is 0.647. The van der Waals surface area contributed by atoms with Gasteiger partial charge in [0.1, 0.15) is 5.70 Å². The fourth-order valence-corrected chi connectivity index (χ4v) is 8.55. The normalized spacial score (nSPS) is 28.1. The van der Waals surface area contributed by atoms with Crippen molar-refractivity contribution in [3.63, 3.8) is 0 Å². The van der Waals surface area contributed by atoms with Crippen molar-refractivity contribution < 1.29 is 31.1 Å². The van der Waals surface area contributed by atoms with Crippen molar-refractivity contribution in [2.45, 2.75) is 82.3 Å². The molecular weight excluding hydrogens is 645 g/mol. The van der Waals surface area contributed by atoms with Crippen LogP contribution in [0, 0.1) is 11.8 Å². The maximum absolute atomic E-state index is 13.7. The van der Waals surface area contributed by atoms with Gasteiger partial charge in [0, 0.05) is 63.1 Å². The van der Waals surface area contributed by atoms with Gasteiger partial charge in [0.05, 0.1) is 30.4 Å². The first-order valence-electron chi connectivity index (χ1n) is 16.8. The summed E-state index contributed by atoms with van der Waals surface area (Å²) in [4.78, 5) is 22.3. The van der Waals surface area contributed by atoms with E-state index >= 15 is 0 Å². The van der Waals surface area contributed by atoms with Crippen molar-refractivity contribution in [1.82, 2.24) is 19.4 Å². The Bertz CT molecular complexity index is 1480. The van der Waals surface area contributed by atoms with Crippen LogP contribution in [-0.2, 0) is 25.7 Å². The molecule has 0 aromatic heterocycles. The van der Waals surface area contributed by atoms with E-state index in [1.807, 2.05) is 4.90 Å². The predicted octanol–water partition coefficient (Wildman–Crippen LogP) is 4.27. The van der Waals surface area contributed by atoms with Gasteiger partial charge < -0.3 is 20.7 Å². The Morgan fingerprint density at radius 2 is 1.75 bits per heavy atom. The summed E-state index contributed by atoms with van der Waals surface area (Å²) in [5.41, 5.74) is 7.04. The molecule has 1 saturated carbocycles. The molecule has 3 heterocycles. The maximum Gasteiger partial charge on any atom is 0.416 e. The lowest BCUT2D eigenvalue weighted by Gasteiger charge is -2.37. The highest BCUT2D eigenvalue weighted by Crippen LogP contribution is 2.42. The topological polar surface area (TPSA) is 121 Å². The number of carbonyl (C=O) groups excluding carboxylic acids is 1. The zero-order valence-electron chi connectivity index (χ0n) is 28.1. The summed E-state index contributed by atoms with van der Waals surface area (Å²) in [5.74, 6) is 0.808. The number of allylic oxidation sites excluding steroid dienone is 1. The molecule has 0 unspecified atom stereocenters. The van der Waals surface area contributed by atoms with E-state index in [-0.39, 0.29) is 29.9 Å². The van der Waals surface area contributed by atoms with E-state index in [1.165, 1.54) is 22.7 Å². The minimum absolute atomic E-state index is 0.0808. The molecule has 0 spiro atoms. The van der Waals surface area contributed by atoms with E-state index in [0.29, 0.717) is 48.8 Å². The summed E-state index contributed by atoms with van der Waals surface area (Å²) in [6, 6.07) is 5.60. The summed E-state index contributed by atoms with van der Waals surface area (Å²) in [6.07, 6.45) is 3.44. The molecule has 5 atom stereocenters. The molecule has 1 amide bonds. The van der Waals surface area contributed by atoms with Gasteiger partial charge in [-0.2, -0.15) is 13.2 Å². The molecule has 4 fully saturated rings. The highest BCUT2D eigenvalue weighted by Gasteiger charge is 2.45. The number of halogens is 3. The van der Waals surface area contributed by atoms with Crippen LogP contribution in [-0.4, -0.2) is 99.0 Å². The monoisotopic (exact) mass is 694 g/mol. The molecular formula is C34H49F3N6O4S. The summed E-state index contributed by atoms with van der Waals surface area (Å²) in [6.45, 7) is 9.51. The Morgan fingerprint density at radius 1 is 1.12 bits per heavy atom. The minimum atomic E-state index is -4.38. The predicted molar refractivity (Wildman–Crippen MR) is 179 cm³/mol. The van der Waals surface area contributed by atoms with Crippen LogP contribution in [0.3, 0.4) is 0 Å². The van der Waals surface area contributed by atoms with Gasteiger partial charge in [0.25, 0.3) is 5.91 Å². The average Bonchev–Trinajstić information content (AvgIpc) is 3.64. The number of likely N-dealkylation sites (tertiary alicyclic amines) is 2. The number of ether oxygens (including phenoxy) is 1. The number of fused-ring (bicyclic) bond motifs is 1. The van der Waals surface area contributed by atoms with E-state index in [2.05, 4.69) is 21.8 Å². The van der Waals surface area contributed by atoms with Crippen LogP contribution < -0.4 is 11.1 Å². The molecule has 1 aromatic rings. The molecule has 4 aliphatic rings. The van der Waals surface area contributed by atoms with Crippen LogP contribution in [0.4, 0.5) is 13.2 Å². The lowest BCUT2D eigenvalue weighted by Crippen LogP contribution is -2.47. The third kappa shape index (κ3) is 8.43. The fourth-order valence-electron chi connectivity index (χ4n) is 7.83. The molecule has 3 aliphatic heterocycles. The van der Waals surface area contributed by atoms with Gasteiger partial charge >= 0.3 is 6.18 Å². The van der Waals surface area contributed by atoms with Crippen LogP contribution in [0.25, 0.3) is 0 Å². The number of piperidine rings is 1. The zero-order valence-corrected chi connectivity index (χ0v) is 28.9.